The van der Waals surface area contributed by atoms with Gasteiger partial charge in [-0.1, -0.05) is 31.0 Å². The molecule has 0 atom stereocenters. The van der Waals surface area contributed by atoms with Crippen molar-refractivity contribution in [3.63, 3.8) is 0 Å². The third kappa shape index (κ3) is 4.30. The topological polar surface area (TPSA) is 78.4 Å². The molecule has 3 aromatic rings. The molecule has 0 saturated carbocycles. The molecule has 6 nitrogen and oxygen atoms in total. The fraction of sp³-hybridized carbons (Fsp3) is 0.143. The highest BCUT2D eigenvalue weighted by atomic mass is 32.1. The first kappa shape index (κ1) is 20.9. The number of carbonyl (C=O) groups is 2. The number of rotatable bonds is 3. The summed E-state index contributed by atoms with van der Waals surface area (Å²) in [6, 6.07) is 11.9. The van der Waals surface area contributed by atoms with Gasteiger partial charge in [-0.3, -0.25) is 4.98 Å². The van der Waals surface area contributed by atoms with Gasteiger partial charge in [-0.15, -0.1) is 0 Å². The number of methoxy groups -OCH3 is 1. The third-order valence-electron chi connectivity index (χ3n) is 3.68. The van der Waals surface area contributed by atoms with Gasteiger partial charge >= 0.3 is 11.9 Å². The van der Waals surface area contributed by atoms with Crippen LogP contribution in [0, 0.1) is 11.8 Å². The number of aromatic nitrogens is 2. The molecule has 28 heavy (non-hydrogen) atoms. The predicted molar refractivity (Wildman–Crippen MR) is 110 cm³/mol. The summed E-state index contributed by atoms with van der Waals surface area (Å²) >= 11 is 0. The second kappa shape index (κ2) is 9.53. The third-order valence-corrected chi connectivity index (χ3v) is 3.68. The summed E-state index contributed by atoms with van der Waals surface area (Å²) in [7, 11) is 1.23. The minimum absolute atomic E-state index is 0. The monoisotopic (exact) mass is 394 g/mol. The maximum absolute atomic E-state index is 12.5. The zero-order chi connectivity index (χ0) is 19.2. The van der Waals surface area contributed by atoms with Crippen LogP contribution in [-0.2, 0) is 4.74 Å². The van der Waals surface area contributed by atoms with Crippen LogP contribution < -0.4 is 4.74 Å². The van der Waals surface area contributed by atoms with Gasteiger partial charge in [0.15, 0.2) is 11.4 Å². The molecule has 0 amide bonds. The van der Waals surface area contributed by atoms with Crippen LogP contribution in [0.4, 0.5) is 0 Å². The number of esters is 2. The molecule has 0 spiro atoms. The Kier molecular flexibility index (Phi) is 7.13. The highest BCUT2D eigenvalue weighted by Crippen LogP contribution is 2.30. The summed E-state index contributed by atoms with van der Waals surface area (Å²) in [5.74, 6) is 4.44. The maximum Gasteiger partial charge on any atom is 0.360 e. The molecule has 0 bridgehead atoms. The van der Waals surface area contributed by atoms with Crippen molar-refractivity contribution in [2.24, 2.45) is 0 Å². The van der Waals surface area contributed by atoms with Gasteiger partial charge in [-0.25, -0.2) is 14.6 Å². The Bertz CT molecular complexity index is 1070. The second-order valence-electron chi connectivity index (χ2n) is 5.44. The lowest BCUT2D eigenvalue weighted by Crippen LogP contribution is -2.15. The maximum atomic E-state index is 12.5. The average molecular weight is 394 g/mol. The lowest BCUT2D eigenvalue weighted by molar-refractivity contribution is 0.0586. The molecular weight excluding hydrogens is 376 g/mol. The Morgan fingerprint density at radius 2 is 1.82 bits per heavy atom. The molecule has 0 unspecified atom stereocenters. The number of fused-ring (bicyclic) bond motifs is 1. The van der Waals surface area contributed by atoms with Crippen LogP contribution in [0.15, 0.2) is 48.7 Å². The van der Waals surface area contributed by atoms with E-state index in [4.69, 9.17) is 9.47 Å². The number of ether oxygens (including phenoxy) is 2. The van der Waals surface area contributed by atoms with Crippen LogP contribution in [0.1, 0.15) is 39.9 Å². The van der Waals surface area contributed by atoms with Crippen molar-refractivity contribution < 1.29 is 19.1 Å². The van der Waals surface area contributed by atoms with E-state index in [1.54, 1.807) is 48.7 Å². The second-order valence-corrected chi connectivity index (χ2v) is 5.44. The molecule has 0 aliphatic carbocycles. The van der Waals surface area contributed by atoms with Crippen molar-refractivity contribution in [3.8, 4) is 17.6 Å². The molecule has 142 valence electrons. The van der Waals surface area contributed by atoms with Gasteiger partial charge in [0, 0.05) is 18.0 Å². The Morgan fingerprint density at radius 3 is 2.50 bits per heavy atom. The first-order valence-electron chi connectivity index (χ1n) is 8.28. The fourth-order valence-electron chi connectivity index (χ4n) is 2.44. The Morgan fingerprint density at radius 1 is 1.07 bits per heavy atom. The molecule has 1 aromatic carbocycles. The van der Waals surface area contributed by atoms with E-state index < -0.39 is 11.9 Å². The highest BCUT2D eigenvalue weighted by Gasteiger charge is 2.24. The smallest absolute Gasteiger partial charge is 0.360 e. The fourth-order valence-corrected chi connectivity index (χ4v) is 2.44. The van der Waals surface area contributed by atoms with Gasteiger partial charge < -0.3 is 9.47 Å². The summed E-state index contributed by atoms with van der Waals surface area (Å²) in [6.45, 7) is 1.91. The van der Waals surface area contributed by atoms with E-state index in [0.29, 0.717) is 28.6 Å². The number of hydrogen-bond acceptors (Lipinski definition) is 6. The quantitative estimate of drug-likeness (QED) is 0.500. The summed E-state index contributed by atoms with van der Waals surface area (Å²) in [6.07, 6.45) is 2.17. The van der Waals surface area contributed by atoms with E-state index in [9.17, 15) is 9.59 Å². The number of carbonyl (C=O) groups excluding carboxylic acids is 2. The van der Waals surface area contributed by atoms with Gasteiger partial charge in [-0.2, -0.15) is 13.5 Å². The molecule has 7 heteroatoms. The molecule has 0 fully saturated rings. The van der Waals surface area contributed by atoms with Gasteiger partial charge in [0.2, 0.25) is 0 Å². The molecule has 0 aliphatic rings. The van der Waals surface area contributed by atoms with Gasteiger partial charge in [0.05, 0.1) is 12.7 Å². The first-order valence-corrected chi connectivity index (χ1v) is 8.28. The highest BCUT2D eigenvalue weighted by molar-refractivity contribution is 7.59. The van der Waals surface area contributed by atoms with Crippen molar-refractivity contribution in [1.29, 1.82) is 0 Å². The average Bonchev–Trinajstić information content (AvgIpc) is 2.73. The van der Waals surface area contributed by atoms with E-state index >= 15 is 0 Å². The van der Waals surface area contributed by atoms with Crippen LogP contribution in [0.5, 0.6) is 5.75 Å². The SMILES string of the molecule is CCC#Cc1nc(C(=O)OC)c(OC(=O)c2ccccc2)c2ncccc12.S. The summed E-state index contributed by atoms with van der Waals surface area (Å²) in [4.78, 5) is 33.4. The molecule has 0 radical (unpaired) electrons. The lowest BCUT2D eigenvalue weighted by atomic mass is 10.1. The standard InChI is InChI=1S/C21H16N2O4.H2S/c1-3-4-12-16-15-11-8-13-22-17(15)19(18(23-16)21(25)26-2)27-20(24)14-9-6-5-7-10-14;/h5-11,13H,3H2,1-2H3;1H2. The van der Waals surface area contributed by atoms with Crippen molar-refractivity contribution in [1.82, 2.24) is 9.97 Å². The van der Waals surface area contributed by atoms with Crippen LogP contribution in [0.3, 0.4) is 0 Å². The first-order chi connectivity index (χ1) is 13.2. The molecule has 2 aromatic heterocycles. The van der Waals surface area contributed by atoms with Crippen molar-refractivity contribution in [2.75, 3.05) is 7.11 Å². The van der Waals surface area contributed by atoms with Crippen molar-refractivity contribution in [3.05, 3.63) is 65.6 Å². The molecule has 0 aliphatic heterocycles. The normalized spacial score (nSPS) is 9.64. The number of nitrogens with zero attached hydrogens (tertiary/aromatic N) is 2. The van der Waals surface area contributed by atoms with E-state index in [1.165, 1.54) is 7.11 Å². The van der Waals surface area contributed by atoms with Crippen LogP contribution >= 0.6 is 13.5 Å². The summed E-state index contributed by atoms with van der Waals surface area (Å²) in [5.41, 5.74) is 0.887. The lowest BCUT2D eigenvalue weighted by Gasteiger charge is -2.12. The minimum atomic E-state index is -0.738. The van der Waals surface area contributed by atoms with Crippen LogP contribution in [0.2, 0.25) is 0 Å². The minimum Gasteiger partial charge on any atom is -0.464 e. The summed E-state index contributed by atoms with van der Waals surface area (Å²) in [5, 5.41) is 0.585. The van der Waals surface area contributed by atoms with Crippen molar-refractivity contribution in [2.45, 2.75) is 13.3 Å². The van der Waals surface area contributed by atoms with E-state index in [2.05, 4.69) is 21.8 Å². The van der Waals surface area contributed by atoms with E-state index in [1.807, 2.05) is 6.92 Å². The number of pyridine rings is 2. The molecule has 2 heterocycles. The Balaban J connectivity index is 0.00000280. The van der Waals surface area contributed by atoms with E-state index in [-0.39, 0.29) is 24.9 Å². The van der Waals surface area contributed by atoms with Gasteiger partial charge in [0.1, 0.15) is 11.2 Å². The number of benzene rings is 1. The van der Waals surface area contributed by atoms with E-state index in [0.717, 1.165) is 0 Å². The van der Waals surface area contributed by atoms with Crippen LogP contribution in [-0.4, -0.2) is 29.0 Å². The molecular formula is C21H18N2O4S. The Hall–Kier alpha value is -3.37. The predicted octanol–water partition coefficient (Wildman–Crippen LogP) is 3.51. The largest absolute Gasteiger partial charge is 0.464 e. The molecule has 0 N–H and O–H groups in total. The zero-order valence-corrected chi connectivity index (χ0v) is 16.4. The zero-order valence-electron chi connectivity index (χ0n) is 15.4. The van der Waals surface area contributed by atoms with Crippen molar-refractivity contribution >= 4 is 36.3 Å². The summed E-state index contributed by atoms with van der Waals surface area (Å²) < 4.78 is 10.3. The molecule has 3 rings (SSSR count). The Labute approximate surface area is 169 Å². The van der Waals surface area contributed by atoms with Gasteiger partial charge in [-0.05, 0) is 30.2 Å². The van der Waals surface area contributed by atoms with Gasteiger partial charge in [0.25, 0.3) is 0 Å². The molecule has 0 saturated heterocycles. The van der Waals surface area contributed by atoms with Crippen LogP contribution in [0.25, 0.3) is 10.9 Å². The number of hydrogen-bond donors (Lipinski definition) is 0.